The Morgan fingerprint density at radius 2 is 1.45 bits per heavy atom. The summed E-state index contributed by atoms with van der Waals surface area (Å²) in [7, 11) is 0. The summed E-state index contributed by atoms with van der Waals surface area (Å²) in [4.78, 5) is 0. The molecule has 3 heteroatoms. The fourth-order valence-electron chi connectivity index (χ4n) is 7.67. The summed E-state index contributed by atoms with van der Waals surface area (Å²) in [6.45, 7) is 0. The minimum Gasteiger partial charge on any atom is -0.267 e. The molecule has 0 aromatic rings. The molecular formula is C17H25N3. The Morgan fingerprint density at radius 1 is 0.800 bits per heavy atom. The van der Waals surface area contributed by atoms with Crippen LogP contribution in [0.3, 0.4) is 0 Å². The lowest BCUT2D eigenvalue weighted by atomic mass is 9.52. The molecule has 1 heterocycles. The molecule has 7 rings (SSSR count). The highest BCUT2D eigenvalue weighted by Crippen LogP contribution is 2.61. The molecule has 1 aliphatic heterocycles. The van der Waals surface area contributed by atoms with E-state index in [9.17, 15) is 0 Å². The van der Waals surface area contributed by atoms with E-state index >= 15 is 0 Å². The molecule has 0 saturated heterocycles. The van der Waals surface area contributed by atoms with Gasteiger partial charge in [-0.2, -0.15) is 5.11 Å². The van der Waals surface area contributed by atoms with Crippen molar-refractivity contribution < 1.29 is 0 Å². The molecule has 0 amide bonds. The fourth-order valence-corrected chi connectivity index (χ4v) is 7.67. The van der Waals surface area contributed by atoms with Crippen LogP contribution in [0, 0.1) is 29.6 Å². The summed E-state index contributed by atoms with van der Waals surface area (Å²) < 4.78 is 0. The van der Waals surface area contributed by atoms with Crippen LogP contribution in [-0.4, -0.2) is 22.6 Å². The standard InChI is InChI=1S/C17H25N3/c1-2-14-6-13(1)15-16(14)20(19-18-15)17-7-10-3-11(8-17)5-12(4-10)9-17/h10-16H,1-9H2/t10?,11?,12?,13-,14+,15+,16-,17?/m0/s1. The first-order valence-corrected chi connectivity index (χ1v) is 9.01. The SMILES string of the molecule is C1C2CC3CC1CC(N1N=N[C@@H]4[C@H]5CC[C@H](C5)[C@@H]41)(C2)C3. The van der Waals surface area contributed by atoms with Gasteiger partial charge in [-0.15, -0.1) is 0 Å². The van der Waals surface area contributed by atoms with Gasteiger partial charge in [0.1, 0.15) is 0 Å². The van der Waals surface area contributed by atoms with E-state index in [1.165, 1.54) is 57.8 Å². The van der Waals surface area contributed by atoms with E-state index in [4.69, 9.17) is 10.3 Å². The van der Waals surface area contributed by atoms with E-state index in [1.807, 2.05) is 0 Å². The van der Waals surface area contributed by atoms with Crippen LogP contribution in [-0.2, 0) is 0 Å². The molecule has 6 bridgehead atoms. The first-order valence-electron chi connectivity index (χ1n) is 9.01. The second kappa shape index (κ2) is 3.41. The maximum absolute atomic E-state index is 4.81. The van der Waals surface area contributed by atoms with Crippen molar-refractivity contribution in [3.63, 3.8) is 0 Å². The Morgan fingerprint density at radius 3 is 2.15 bits per heavy atom. The van der Waals surface area contributed by atoms with Crippen LogP contribution >= 0.6 is 0 Å². The lowest BCUT2D eigenvalue weighted by molar-refractivity contribution is -0.106. The van der Waals surface area contributed by atoms with Gasteiger partial charge in [-0.25, -0.2) is 0 Å². The van der Waals surface area contributed by atoms with Crippen LogP contribution in [0.1, 0.15) is 57.8 Å². The van der Waals surface area contributed by atoms with Gasteiger partial charge >= 0.3 is 0 Å². The highest BCUT2D eigenvalue weighted by atomic mass is 15.6. The zero-order valence-corrected chi connectivity index (χ0v) is 12.2. The van der Waals surface area contributed by atoms with Crippen molar-refractivity contribution in [2.24, 2.45) is 39.9 Å². The van der Waals surface area contributed by atoms with Crippen molar-refractivity contribution in [2.75, 3.05) is 0 Å². The average molecular weight is 271 g/mol. The lowest BCUT2D eigenvalue weighted by Crippen LogP contribution is -2.61. The minimum atomic E-state index is 0.447. The average Bonchev–Trinajstić information content (AvgIpc) is 3.10. The number of rotatable bonds is 1. The molecule has 0 aromatic carbocycles. The van der Waals surface area contributed by atoms with Crippen molar-refractivity contribution >= 4 is 0 Å². The molecule has 4 atom stereocenters. The molecule has 0 aromatic heterocycles. The third kappa shape index (κ3) is 1.20. The predicted molar refractivity (Wildman–Crippen MR) is 76.0 cm³/mol. The summed E-state index contributed by atoms with van der Waals surface area (Å²) >= 11 is 0. The monoisotopic (exact) mass is 271 g/mol. The molecule has 6 saturated carbocycles. The quantitative estimate of drug-likeness (QED) is 0.713. The van der Waals surface area contributed by atoms with Crippen molar-refractivity contribution in [2.45, 2.75) is 75.4 Å². The van der Waals surface area contributed by atoms with Gasteiger partial charge in [0.25, 0.3) is 0 Å². The zero-order valence-electron chi connectivity index (χ0n) is 12.2. The number of hydrogen-bond acceptors (Lipinski definition) is 3. The van der Waals surface area contributed by atoms with E-state index in [1.54, 1.807) is 0 Å². The summed E-state index contributed by atoms with van der Waals surface area (Å²) in [6.07, 6.45) is 13.3. The second-order valence-corrected chi connectivity index (χ2v) is 9.01. The van der Waals surface area contributed by atoms with E-state index in [0.717, 1.165) is 29.6 Å². The first-order chi connectivity index (χ1) is 9.81. The van der Waals surface area contributed by atoms with E-state index in [0.29, 0.717) is 17.6 Å². The minimum absolute atomic E-state index is 0.447. The maximum Gasteiger partial charge on any atom is 0.0980 e. The highest BCUT2D eigenvalue weighted by molar-refractivity contribution is 5.14. The van der Waals surface area contributed by atoms with E-state index in [2.05, 4.69) is 5.01 Å². The Bertz CT molecular complexity index is 449. The Labute approximate surface area is 121 Å². The summed E-state index contributed by atoms with van der Waals surface area (Å²) in [5.41, 5.74) is 0.447. The van der Waals surface area contributed by atoms with Gasteiger partial charge in [0.15, 0.2) is 0 Å². The highest BCUT2D eigenvalue weighted by Gasteiger charge is 2.61. The Balaban J connectivity index is 1.38. The fraction of sp³-hybridized carbons (Fsp3) is 1.00. The largest absolute Gasteiger partial charge is 0.267 e. The predicted octanol–water partition coefficient (Wildman–Crippen LogP) is 3.81. The van der Waals surface area contributed by atoms with Crippen LogP contribution in [0.25, 0.3) is 0 Å². The van der Waals surface area contributed by atoms with Gasteiger partial charge in [-0.1, -0.05) is 5.22 Å². The lowest BCUT2D eigenvalue weighted by Gasteiger charge is -2.60. The zero-order chi connectivity index (χ0) is 12.9. The molecule has 0 unspecified atom stereocenters. The smallest absolute Gasteiger partial charge is 0.0980 e. The summed E-state index contributed by atoms with van der Waals surface area (Å²) in [6, 6.07) is 1.30. The summed E-state index contributed by atoms with van der Waals surface area (Å²) in [5.74, 6) is 4.87. The topological polar surface area (TPSA) is 28.0 Å². The Kier molecular flexibility index (Phi) is 1.88. The third-order valence-corrected chi connectivity index (χ3v) is 7.89. The van der Waals surface area contributed by atoms with Crippen LogP contribution in [0.2, 0.25) is 0 Å². The van der Waals surface area contributed by atoms with Crippen LogP contribution in [0.4, 0.5) is 0 Å². The van der Waals surface area contributed by atoms with E-state index in [-0.39, 0.29) is 0 Å². The molecule has 6 aliphatic carbocycles. The first kappa shape index (κ1) is 11.0. The van der Waals surface area contributed by atoms with Crippen LogP contribution in [0.5, 0.6) is 0 Å². The van der Waals surface area contributed by atoms with E-state index < -0.39 is 0 Å². The molecule has 7 aliphatic rings. The van der Waals surface area contributed by atoms with Gasteiger partial charge in [0.05, 0.1) is 17.6 Å². The second-order valence-electron chi connectivity index (χ2n) is 9.01. The van der Waals surface area contributed by atoms with Crippen molar-refractivity contribution in [3.8, 4) is 0 Å². The van der Waals surface area contributed by atoms with Gasteiger partial charge in [0, 0.05) is 0 Å². The van der Waals surface area contributed by atoms with Crippen molar-refractivity contribution in [3.05, 3.63) is 0 Å². The molecule has 20 heavy (non-hydrogen) atoms. The van der Waals surface area contributed by atoms with Gasteiger partial charge in [-0.05, 0) is 87.4 Å². The molecular weight excluding hydrogens is 246 g/mol. The molecule has 3 nitrogen and oxygen atoms in total. The molecule has 6 fully saturated rings. The molecule has 0 spiro atoms. The van der Waals surface area contributed by atoms with Crippen molar-refractivity contribution in [1.29, 1.82) is 0 Å². The number of hydrogen-bond donors (Lipinski definition) is 0. The molecule has 108 valence electrons. The third-order valence-electron chi connectivity index (χ3n) is 7.89. The van der Waals surface area contributed by atoms with Crippen LogP contribution in [0.15, 0.2) is 10.3 Å². The number of nitrogens with zero attached hydrogens (tertiary/aromatic N) is 3. The van der Waals surface area contributed by atoms with Crippen LogP contribution < -0.4 is 0 Å². The summed E-state index contributed by atoms with van der Waals surface area (Å²) in [5, 5.41) is 12.2. The molecule has 0 N–H and O–H groups in total. The normalized spacial score (nSPS) is 61.6. The maximum atomic E-state index is 4.81. The van der Waals surface area contributed by atoms with Gasteiger partial charge < -0.3 is 0 Å². The van der Waals surface area contributed by atoms with Gasteiger partial charge in [-0.3, -0.25) is 5.01 Å². The van der Waals surface area contributed by atoms with Gasteiger partial charge in [0.2, 0.25) is 0 Å². The van der Waals surface area contributed by atoms with Crippen molar-refractivity contribution in [1.82, 2.24) is 5.01 Å². The Hall–Kier alpha value is -0.600. The number of fused-ring (bicyclic) bond motifs is 5. The molecule has 0 radical (unpaired) electrons.